The van der Waals surface area contributed by atoms with Crippen molar-refractivity contribution in [3.8, 4) is 28.2 Å². The predicted molar refractivity (Wildman–Crippen MR) is 227 cm³/mol. The van der Waals surface area contributed by atoms with Crippen LogP contribution < -0.4 is 0 Å². The van der Waals surface area contributed by atoms with Gasteiger partial charge in [0.1, 0.15) is 0 Å². The number of rotatable bonds is 4. The molecule has 11 rings (SSSR count). The van der Waals surface area contributed by atoms with Crippen molar-refractivity contribution in [3.63, 3.8) is 0 Å². The molecule has 55 heavy (non-hydrogen) atoms. The highest BCUT2D eigenvalue weighted by Crippen LogP contribution is 2.43. The van der Waals surface area contributed by atoms with E-state index < -0.39 is 0 Å². The lowest BCUT2D eigenvalue weighted by molar-refractivity contribution is 1.16. The second-order valence-corrected chi connectivity index (χ2v) is 13.9. The van der Waals surface area contributed by atoms with E-state index in [-0.39, 0.29) is 0 Å². The molecule has 0 N–H and O–H groups in total. The van der Waals surface area contributed by atoms with Crippen molar-refractivity contribution >= 4 is 76.8 Å². The van der Waals surface area contributed by atoms with Crippen molar-refractivity contribution < 1.29 is 0 Å². The standard InChI is InChI=1S/C50H29N5/c1-51-33-25-28-47-42(30-33)40-18-6-9-22-45(40)53(47)34-14-11-13-32(29-34)36-19-12-24-48(50(36)52-2)55-46-23-10-5-17-39(46)41-27-26-35(31-49(41)55)54-43-20-7-3-15-37(43)38-16-4-8-21-44(38)54/h3-31H. The van der Waals surface area contributed by atoms with Gasteiger partial charge in [0.2, 0.25) is 5.69 Å². The van der Waals surface area contributed by atoms with Gasteiger partial charge < -0.3 is 13.7 Å². The fraction of sp³-hybridized carbons (Fsp3) is 0. The molecule has 8 aromatic carbocycles. The summed E-state index contributed by atoms with van der Waals surface area (Å²) < 4.78 is 6.87. The highest BCUT2D eigenvalue weighted by molar-refractivity contribution is 6.13. The van der Waals surface area contributed by atoms with Gasteiger partial charge in [0.05, 0.1) is 51.9 Å². The minimum Gasteiger partial charge on any atom is -0.319 e. The maximum absolute atomic E-state index is 8.66. The summed E-state index contributed by atoms with van der Waals surface area (Å²) in [6.07, 6.45) is 0. The van der Waals surface area contributed by atoms with E-state index in [0.717, 1.165) is 82.8 Å². The first kappa shape index (κ1) is 30.7. The lowest BCUT2D eigenvalue weighted by Gasteiger charge is -2.16. The summed E-state index contributed by atoms with van der Waals surface area (Å²) in [5, 5.41) is 6.86. The molecule has 0 saturated carbocycles. The second-order valence-electron chi connectivity index (χ2n) is 13.9. The van der Waals surface area contributed by atoms with Crippen LogP contribution in [0.1, 0.15) is 0 Å². The molecule has 5 nitrogen and oxygen atoms in total. The molecule has 0 atom stereocenters. The van der Waals surface area contributed by atoms with Gasteiger partial charge >= 0.3 is 0 Å². The van der Waals surface area contributed by atoms with E-state index in [4.69, 9.17) is 13.1 Å². The van der Waals surface area contributed by atoms with E-state index in [1.54, 1.807) is 0 Å². The summed E-state index contributed by atoms with van der Waals surface area (Å²) in [4.78, 5) is 7.97. The van der Waals surface area contributed by atoms with Crippen LogP contribution in [0.3, 0.4) is 0 Å². The molecule has 0 saturated heterocycles. The van der Waals surface area contributed by atoms with Crippen molar-refractivity contribution in [1.82, 2.24) is 13.7 Å². The molecule has 0 bridgehead atoms. The minimum absolute atomic E-state index is 0.591. The number of hydrogen-bond acceptors (Lipinski definition) is 0. The van der Waals surface area contributed by atoms with E-state index in [2.05, 4.69) is 175 Å². The maximum atomic E-state index is 8.66. The lowest BCUT2D eigenvalue weighted by atomic mass is 10.0. The van der Waals surface area contributed by atoms with Crippen LogP contribution >= 0.6 is 0 Å². The molecule has 5 heteroatoms. The Morgan fingerprint density at radius 2 is 0.873 bits per heavy atom. The molecule has 0 radical (unpaired) electrons. The average Bonchev–Trinajstić information content (AvgIpc) is 3.88. The largest absolute Gasteiger partial charge is 0.319 e. The molecule has 3 aromatic heterocycles. The Bertz CT molecular complexity index is 3420. The summed E-state index contributed by atoms with van der Waals surface area (Å²) in [6, 6.07) is 61.2. The molecule has 3 heterocycles. The van der Waals surface area contributed by atoms with Gasteiger partial charge in [-0.15, -0.1) is 0 Å². The summed E-state index contributed by atoms with van der Waals surface area (Å²) in [5.41, 5.74) is 12.5. The van der Waals surface area contributed by atoms with Gasteiger partial charge in [-0.2, -0.15) is 0 Å². The van der Waals surface area contributed by atoms with E-state index >= 15 is 0 Å². The van der Waals surface area contributed by atoms with Gasteiger partial charge in [-0.1, -0.05) is 109 Å². The van der Waals surface area contributed by atoms with Crippen molar-refractivity contribution in [2.24, 2.45) is 0 Å². The monoisotopic (exact) mass is 699 g/mol. The number of aromatic nitrogens is 3. The zero-order valence-electron chi connectivity index (χ0n) is 29.5. The molecule has 0 fully saturated rings. The summed E-state index contributed by atoms with van der Waals surface area (Å²) in [5.74, 6) is 0. The van der Waals surface area contributed by atoms with E-state index in [9.17, 15) is 0 Å². The highest BCUT2D eigenvalue weighted by atomic mass is 15.0. The van der Waals surface area contributed by atoms with E-state index in [0.29, 0.717) is 11.4 Å². The third-order valence-corrected chi connectivity index (χ3v) is 11.1. The van der Waals surface area contributed by atoms with E-state index in [1.807, 2.05) is 24.3 Å². The summed E-state index contributed by atoms with van der Waals surface area (Å²) in [7, 11) is 0. The molecule has 0 aliphatic heterocycles. The molecule has 254 valence electrons. The zero-order valence-corrected chi connectivity index (χ0v) is 29.5. The lowest BCUT2D eigenvalue weighted by Crippen LogP contribution is -1.98. The molecular formula is C50H29N5. The fourth-order valence-electron chi connectivity index (χ4n) is 8.74. The van der Waals surface area contributed by atoms with Gasteiger partial charge in [0.15, 0.2) is 5.69 Å². The van der Waals surface area contributed by atoms with Gasteiger partial charge in [-0.3, -0.25) is 0 Å². The summed E-state index contributed by atoms with van der Waals surface area (Å²) in [6.45, 7) is 16.3. The Labute approximate surface area is 316 Å². The first-order valence-electron chi connectivity index (χ1n) is 18.3. The Kier molecular flexibility index (Phi) is 6.61. The first-order valence-corrected chi connectivity index (χ1v) is 18.3. The number of para-hydroxylation sites is 5. The van der Waals surface area contributed by atoms with Crippen molar-refractivity contribution in [2.45, 2.75) is 0 Å². The van der Waals surface area contributed by atoms with Crippen LogP contribution in [0.2, 0.25) is 0 Å². The molecular weight excluding hydrogens is 671 g/mol. The van der Waals surface area contributed by atoms with Crippen LogP contribution in [0.5, 0.6) is 0 Å². The van der Waals surface area contributed by atoms with Crippen LogP contribution in [0.15, 0.2) is 176 Å². The van der Waals surface area contributed by atoms with Crippen LogP contribution in [0.4, 0.5) is 11.4 Å². The topological polar surface area (TPSA) is 23.5 Å². The number of hydrogen-bond donors (Lipinski definition) is 0. The highest BCUT2D eigenvalue weighted by Gasteiger charge is 2.20. The molecule has 0 unspecified atom stereocenters. The summed E-state index contributed by atoms with van der Waals surface area (Å²) >= 11 is 0. The van der Waals surface area contributed by atoms with Crippen LogP contribution in [0, 0.1) is 13.1 Å². The number of benzene rings is 8. The second kappa shape index (κ2) is 11.8. The average molecular weight is 700 g/mol. The van der Waals surface area contributed by atoms with Crippen molar-refractivity contribution in [1.29, 1.82) is 0 Å². The SMILES string of the molecule is [C-]#[N+]c1ccc2c(c1)c1ccccc1n2-c1cccc(-c2cccc(-n3c4ccccc4c4ccc(-n5c6ccccc6c6ccccc65)cc43)c2[N+]#[C-])c1. The van der Waals surface area contributed by atoms with Gasteiger partial charge in [0.25, 0.3) is 0 Å². The Hall–Kier alpha value is -7.86. The Morgan fingerprint density at radius 3 is 1.49 bits per heavy atom. The minimum atomic E-state index is 0.591. The zero-order chi connectivity index (χ0) is 36.6. The van der Waals surface area contributed by atoms with Crippen LogP contribution in [-0.4, -0.2) is 13.7 Å². The number of fused-ring (bicyclic) bond motifs is 9. The Morgan fingerprint density at radius 1 is 0.345 bits per heavy atom. The predicted octanol–water partition coefficient (Wildman–Crippen LogP) is 13.7. The third kappa shape index (κ3) is 4.45. The van der Waals surface area contributed by atoms with Gasteiger partial charge in [0, 0.05) is 38.3 Å². The smallest absolute Gasteiger partial charge is 0.218 e. The van der Waals surface area contributed by atoms with Crippen LogP contribution in [0.25, 0.3) is 103 Å². The van der Waals surface area contributed by atoms with Gasteiger partial charge in [-0.05, 0) is 83.2 Å². The normalized spacial score (nSPS) is 11.6. The molecule has 0 amide bonds. The fourth-order valence-corrected chi connectivity index (χ4v) is 8.74. The Balaban J connectivity index is 1.13. The van der Waals surface area contributed by atoms with Gasteiger partial charge in [-0.25, -0.2) is 9.69 Å². The molecule has 0 spiro atoms. The molecule has 11 aromatic rings. The third-order valence-electron chi connectivity index (χ3n) is 11.1. The number of nitrogens with zero attached hydrogens (tertiary/aromatic N) is 5. The van der Waals surface area contributed by atoms with E-state index in [1.165, 1.54) is 10.8 Å². The van der Waals surface area contributed by atoms with Crippen molar-refractivity contribution in [2.75, 3.05) is 0 Å². The van der Waals surface area contributed by atoms with Crippen molar-refractivity contribution in [3.05, 3.63) is 199 Å². The first-order chi connectivity index (χ1) is 27.2. The molecule has 0 aliphatic rings. The van der Waals surface area contributed by atoms with Crippen LogP contribution in [-0.2, 0) is 0 Å². The quantitative estimate of drug-likeness (QED) is 0.163. The molecule has 0 aliphatic carbocycles. The maximum Gasteiger partial charge on any atom is 0.218 e.